The van der Waals surface area contributed by atoms with Crippen molar-refractivity contribution in [2.24, 2.45) is 16.4 Å². The van der Waals surface area contributed by atoms with E-state index in [1.807, 2.05) is 34.6 Å². The van der Waals surface area contributed by atoms with E-state index in [1.165, 1.54) is 6.40 Å². The molecule has 0 spiro atoms. The maximum Gasteiger partial charge on any atom is 0.407 e. The first-order chi connectivity index (χ1) is 10.3. The van der Waals surface area contributed by atoms with Crippen molar-refractivity contribution in [3.63, 3.8) is 0 Å². The number of rotatable bonds is 4. The Labute approximate surface area is 138 Å². The lowest BCUT2D eigenvalue weighted by Crippen LogP contribution is -2.67. The van der Waals surface area contributed by atoms with Crippen LogP contribution < -0.4 is 10.7 Å². The van der Waals surface area contributed by atoms with Gasteiger partial charge in [-0.3, -0.25) is 5.43 Å². The van der Waals surface area contributed by atoms with Crippen LogP contribution in [-0.2, 0) is 9.47 Å². The Hall–Kier alpha value is -1.50. The fourth-order valence-electron chi connectivity index (χ4n) is 2.49. The van der Waals surface area contributed by atoms with Gasteiger partial charge in [0.05, 0.1) is 6.04 Å². The van der Waals surface area contributed by atoms with E-state index in [2.05, 4.69) is 15.8 Å². The van der Waals surface area contributed by atoms with Crippen LogP contribution in [0.5, 0.6) is 0 Å². The topological polar surface area (TPSA) is 92.2 Å². The van der Waals surface area contributed by atoms with Gasteiger partial charge in [0.15, 0.2) is 6.40 Å². The largest absolute Gasteiger partial charge is 0.451 e. The number of hydrazone groups is 1. The number of alkyl carbamates (subject to hydrolysis) is 1. The van der Waals surface area contributed by atoms with Crippen LogP contribution >= 0.6 is 0 Å². The van der Waals surface area contributed by atoms with E-state index in [0.717, 1.165) is 0 Å². The van der Waals surface area contributed by atoms with Crippen molar-refractivity contribution >= 4 is 12.5 Å². The van der Waals surface area contributed by atoms with Crippen LogP contribution in [0.25, 0.3) is 0 Å². The van der Waals surface area contributed by atoms with Crippen LogP contribution in [0.15, 0.2) is 5.10 Å². The van der Waals surface area contributed by atoms with Gasteiger partial charge in [0.25, 0.3) is 0 Å². The number of hydrogen-bond acceptors (Lipinski definition) is 6. The van der Waals surface area contributed by atoms with Gasteiger partial charge in [-0.05, 0) is 26.7 Å². The summed E-state index contributed by atoms with van der Waals surface area (Å²) in [5.74, 6) is -0.0391. The minimum Gasteiger partial charge on any atom is -0.451 e. The summed E-state index contributed by atoms with van der Waals surface area (Å²) in [6.45, 7) is 15.0. The Kier molecular flexibility index (Phi) is 5.57. The molecule has 23 heavy (non-hydrogen) atoms. The number of carbonyl (C=O) groups excluding carboxylic acids is 1. The normalized spacial score (nSPS) is 23.9. The van der Waals surface area contributed by atoms with Gasteiger partial charge in [-0.2, -0.15) is 0 Å². The molecule has 1 rings (SSSR count). The first kappa shape index (κ1) is 19.5. The third-order valence-corrected chi connectivity index (χ3v) is 3.79. The second kappa shape index (κ2) is 6.55. The molecule has 3 N–H and O–H groups in total. The third-order valence-electron chi connectivity index (χ3n) is 3.79. The summed E-state index contributed by atoms with van der Waals surface area (Å²) in [4.78, 5) is 12.1. The lowest BCUT2D eigenvalue weighted by Gasteiger charge is -2.46. The number of nitrogens with one attached hydrogen (secondary N) is 2. The molecule has 7 nitrogen and oxygen atoms in total. The van der Waals surface area contributed by atoms with E-state index in [4.69, 9.17) is 9.47 Å². The third kappa shape index (κ3) is 4.50. The van der Waals surface area contributed by atoms with E-state index < -0.39 is 35.0 Å². The average Bonchev–Trinajstić information content (AvgIpc) is 2.82. The van der Waals surface area contributed by atoms with Crippen LogP contribution in [0.3, 0.4) is 0 Å². The SMILES string of the molecule is CC(C)C(NC(=O)OC(C)(C)C)C(O)C1(C(C)(C)C)NN=CO1. The zero-order valence-corrected chi connectivity index (χ0v) is 15.4. The quantitative estimate of drug-likeness (QED) is 0.735. The lowest BCUT2D eigenvalue weighted by molar-refractivity contribution is -0.151. The minimum absolute atomic E-state index is 0.0391. The van der Waals surface area contributed by atoms with Crippen LogP contribution in [0.4, 0.5) is 4.79 Å². The highest BCUT2D eigenvalue weighted by atomic mass is 16.6. The molecule has 3 unspecified atom stereocenters. The second-order valence-electron chi connectivity index (χ2n) is 8.31. The Morgan fingerprint density at radius 1 is 1.30 bits per heavy atom. The number of hydrogen-bond donors (Lipinski definition) is 3. The Bertz CT molecular complexity index is 441. The van der Waals surface area contributed by atoms with Crippen LogP contribution in [0.1, 0.15) is 55.4 Å². The molecular weight excluding hydrogens is 298 g/mol. The molecule has 0 fully saturated rings. The van der Waals surface area contributed by atoms with Crippen molar-refractivity contribution in [1.82, 2.24) is 10.7 Å². The Morgan fingerprint density at radius 3 is 2.22 bits per heavy atom. The predicted octanol–water partition coefficient (Wildman–Crippen LogP) is 2.20. The van der Waals surface area contributed by atoms with Gasteiger partial charge in [0.1, 0.15) is 11.7 Å². The molecule has 1 aliphatic heterocycles. The van der Waals surface area contributed by atoms with Gasteiger partial charge in [-0.1, -0.05) is 34.6 Å². The van der Waals surface area contributed by atoms with Crippen molar-refractivity contribution in [3.8, 4) is 0 Å². The average molecular weight is 329 g/mol. The predicted molar refractivity (Wildman–Crippen MR) is 88.9 cm³/mol. The van der Waals surface area contributed by atoms with Crippen LogP contribution in [0, 0.1) is 11.3 Å². The second-order valence-corrected chi connectivity index (χ2v) is 8.31. The molecular formula is C16H31N3O4. The van der Waals surface area contributed by atoms with Gasteiger partial charge in [-0.15, -0.1) is 5.10 Å². The first-order valence-electron chi connectivity index (χ1n) is 7.94. The fourth-order valence-corrected chi connectivity index (χ4v) is 2.49. The minimum atomic E-state index is -1.13. The molecule has 3 atom stereocenters. The molecule has 134 valence electrons. The van der Waals surface area contributed by atoms with Gasteiger partial charge in [0, 0.05) is 5.41 Å². The summed E-state index contributed by atoms with van der Waals surface area (Å²) in [6, 6.07) is -0.571. The first-order valence-corrected chi connectivity index (χ1v) is 7.94. The molecule has 0 saturated carbocycles. The van der Waals surface area contributed by atoms with E-state index in [-0.39, 0.29) is 5.92 Å². The summed E-state index contributed by atoms with van der Waals surface area (Å²) in [5.41, 5.74) is 0.670. The molecule has 0 aromatic rings. The molecule has 0 saturated heterocycles. The van der Waals surface area contributed by atoms with E-state index in [1.54, 1.807) is 20.8 Å². The highest BCUT2D eigenvalue weighted by Gasteiger charge is 2.55. The summed E-state index contributed by atoms with van der Waals surface area (Å²) in [5, 5.41) is 17.6. The van der Waals surface area contributed by atoms with Crippen molar-refractivity contribution in [1.29, 1.82) is 0 Å². The molecule has 0 aromatic carbocycles. The van der Waals surface area contributed by atoms with Gasteiger partial charge in [-0.25, -0.2) is 4.79 Å². The van der Waals surface area contributed by atoms with Gasteiger partial charge in [0.2, 0.25) is 5.72 Å². The molecule has 0 bridgehead atoms. The van der Waals surface area contributed by atoms with Crippen molar-refractivity contribution in [2.75, 3.05) is 0 Å². The molecule has 1 amide bonds. The monoisotopic (exact) mass is 329 g/mol. The molecule has 0 radical (unpaired) electrons. The van der Waals surface area contributed by atoms with Gasteiger partial charge < -0.3 is 19.9 Å². The molecule has 1 aliphatic rings. The highest BCUT2D eigenvalue weighted by Crippen LogP contribution is 2.38. The summed E-state index contributed by atoms with van der Waals surface area (Å²) >= 11 is 0. The number of nitrogens with zero attached hydrogens (tertiary/aromatic N) is 1. The maximum absolute atomic E-state index is 12.1. The number of aliphatic hydroxyl groups is 1. The zero-order chi connectivity index (χ0) is 18.1. The summed E-state index contributed by atoms with van der Waals surface area (Å²) in [6.07, 6.45) is -0.324. The smallest absolute Gasteiger partial charge is 0.407 e. The number of ether oxygens (including phenoxy) is 2. The lowest BCUT2D eigenvalue weighted by atomic mass is 9.75. The van der Waals surface area contributed by atoms with Crippen molar-refractivity contribution in [3.05, 3.63) is 0 Å². The molecule has 0 aliphatic carbocycles. The zero-order valence-electron chi connectivity index (χ0n) is 15.4. The number of carbonyl (C=O) groups is 1. The maximum atomic E-state index is 12.1. The molecule has 7 heteroatoms. The summed E-state index contributed by atoms with van der Waals surface area (Å²) < 4.78 is 10.9. The van der Waals surface area contributed by atoms with E-state index in [0.29, 0.717) is 0 Å². The highest BCUT2D eigenvalue weighted by molar-refractivity contribution is 5.68. The molecule has 1 heterocycles. The Morgan fingerprint density at radius 2 is 1.87 bits per heavy atom. The Balaban J connectivity index is 2.98. The van der Waals surface area contributed by atoms with Crippen molar-refractivity contribution in [2.45, 2.75) is 78.9 Å². The standard InChI is InChI=1S/C16H31N3O4/c1-10(2)11(18-13(21)23-15(6,7)8)12(20)16(14(3,4)5)19-17-9-22-16/h9-12,19-20H,1-8H3,(H,18,21). The molecule has 0 aromatic heterocycles. The van der Waals surface area contributed by atoms with Crippen molar-refractivity contribution < 1.29 is 19.4 Å². The van der Waals surface area contributed by atoms with Gasteiger partial charge >= 0.3 is 6.09 Å². The number of aliphatic hydroxyl groups excluding tert-OH is 1. The fraction of sp³-hybridized carbons (Fsp3) is 0.875. The van der Waals surface area contributed by atoms with E-state index in [9.17, 15) is 9.90 Å². The van der Waals surface area contributed by atoms with Crippen LogP contribution in [0.2, 0.25) is 0 Å². The number of amides is 1. The van der Waals surface area contributed by atoms with E-state index >= 15 is 0 Å². The summed E-state index contributed by atoms with van der Waals surface area (Å²) in [7, 11) is 0. The van der Waals surface area contributed by atoms with Crippen LogP contribution in [-0.4, -0.2) is 41.1 Å².